The fourth-order valence-electron chi connectivity index (χ4n) is 2.11. The van der Waals surface area contributed by atoms with Crippen LogP contribution in [0.1, 0.15) is 12.8 Å². The van der Waals surface area contributed by atoms with Crippen molar-refractivity contribution >= 4 is 28.8 Å². The second-order valence-corrected chi connectivity index (χ2v) is 4.93. The van der Waals surface area contributed by atoms with Gasteiger partial charge in [-0.3, -0.25) is 4.79 Å². The molecule has 102 valence electrons. The predicted molar refractivity (Wildman–Crippen MR) is 74.3 cm³/mol. The van der Waals surface area contributed by atoms with Gasteiger partial charge >= 0.3 is 0 Å². The number of hydrogen-bond donors (Lipinski definition) is 2. The number of amides is 1. The SMILES string of the molecule is NC(=S)C1(C(=O)Nc2ccccc2F)CCOCC1. The fraction of sp³-hybridized carbons (Fsp3) is 0.385. The first-order chi connectivity index (χ1) is 9.06. The van der Waals surface area contributed by atoms with E-state index in [1.165, 1.54) is 12.1 Å². The van der Waals surface area contributed by atoms with E-state index in [1.807, 2.05) is 0 Å². The van der Waals surface area contributed by atoms with Crippen LogP contribution in [0.15, 0.2) is 24.3 Å². The zero-order chi connectivity index (χ0) is 13.9. The van der Waals surface area contributed by atoms with E-state index in [2.05, 4.69) is 5.32 Å². The van der Waals surface area contributed by atoms with Gasteiger partial charge in [-0.1, -0.05) is 24.4 Å². The van der Waals surface area contributed by atoms with Gasteiger partial charge in [0.25, 0.3) is 0 Å². The highest BCUT2D eigenvalue weighted by Gasteiger charge is 2.43. The monoisotopic (exact) mass is 282 g/mol. The summed E-state index contributed by atoms with van der Waals surface area (Å²) >= 11 is 5.02. The van der Waals surface area contributed by atoms with Gasteiger partial charge in [0.15, 0.2) is 0 Å². The highest BCUT2D eigenvalue weighted by atomic mass is 32.1. The number of nitrogens with two attached hydrogens (primary N) is 1. The average molecular weight is 282 g/mol. The molecule has 0 atom stereocenters. The number of nitrogens with one attached hydrogen (secondary N) is 1. The molecule has 1 aromatic rings. The van der Waals surface area contributed by atoms with Gasteiger partial charge in [0, 0.05) is 13.2 Å². The van der Waals surface area contributed by atoms with E-state index in [4.69, 9.17) is 22.7 Å². The molecule has 1 heterocycles. The van der Waals surface area contributed by atoms with Crippen LogP contribution in [0.4, 0.5) is 10.1 Å². The Balaban J connectivity index is 2.21. The third kappa shape index (κ3) is 2.74. The molecule has 2 rings (SSSR count). The van der Waals surface area contributed by atoms with E-state index in [0.717, 1.165) is 0 Å². The van der Waals surface area contributed by atoms with E-state index in [9.17, 15) is 9.18 Å². The molecule has 0 unspecified atom stereocenters. The van der Waals surface area contributed by atoms with E-state index in [-0.39, 0.29) is 16.6 Å². The third-order valence-corrected chi connectivity index (χ3v) is 3.77. The summed E-state index contributed by atoms with van der Waals surface area (Å²) in [5.41, 5.74) is 4.90. The molecule has 6 heteroatoms. The number of ether oxygens (including phenoxy) is 1. The molecular formula is C13H15FN2O2S. The highest BCUT2D eigenvalue weighted by Crippen LogP contribution is 2.32. The normalized spacial score (nSPS) is 17.7. The van der Waals surface area contributed by atoms with Crippen molar-refractivity contribution in [2.45, 2.75) is 12.8 Å². The van der Waals surface area contributed by atoms with Crippen molar-refractivity contribution in [3.63, 3.8) is 0 Å². The molecule has 19 heavy (non-hydrogen) atoms. The van der Waals surface area contributed by atoms with Crippen molar-refractivity contribution in [2.75, 3.05) is 18.5 Å². The number of benzene rings is 1. The second kappa shape index (κ2) is 5.63. The lowest BCUT2D eigenvalue weighted by molar-refractivity contribution is -0.126. The Bertz CT molecular complexity index is 501. The summed E-state index contributed by atoms with van der Waals surface area (Å²) in [6.07, 6.45) is 0.839. The van der Waals surface area contributed by atoms with Gasteiger partial charge in [-0.25, -0.2) is 4.39 Å². The molecule has 0 saturated carbocycles. The molecule has 1 aliphatic rings. The van der Waals surface area contributed by atoms with Crippen molar-refractivity contribution < 1.29 is 13.9 Å². The molecule has 0 spiro atoms. The van der Waals surface area contributed by atoms with Crippen molar-refractivity contribution in [1.29, 1.82) is 0 Å². The van der Waals surface area contributed by atoms with Gasteiger partial charge < -0.3 is 15.8 Å². The number of hydrogen-bond acceptors (Lipinski definition) is 3. The number of para-hydroxylation sites is 1. The highest BCUT2D eigenvalue weighted by molar-refractivity contribution is 7.80. The summed E-state index contributed by atoms with van der Waals surface area (Å²) in [7, 11) is 0. The minimum absolute atomic E-state index is 0.129. The number of carbonyl (C=O) groups is 1. The molecule has 1 amide bonds. The van der Waals surface area contributed by atoms with Crippen LogP contribution in [-0.4, -0.2) is 24.1 Å². The largest absolute Gasteiger partial charge is 0.392 e. The first kappa shape index (κ1) is 13.9. The van der Waals surface area contributed by atoms with Crippen molar-refractivity contribution in [3.05, 3.63) is 30.1 Å². The Morgan fingerprint density at radius 1 is 1.37 bits per heavy atom. The molecule has 4 nitrogen and oxygen atoms in total. The molecule has 1 fully saturated rings. The average Bonchev–Trinajstić information content (AvgIpc) is 2.42. The minimum Gasteiger partial charge on any atom is -0.392 e. The van der Waals surface area contributed by atoms with Crippen LogP contribution in [0.3, 0.4) is 0 Å². The van der Waals surface area contributed by atoms with Gasteiger partial charge in [-0.05, 0) is 25.0 Å². The fourth-order valence-corrected chi connectivity index (χ4v) is 2.41. The zero-order valence-corrected chi connectivity index (χ0v) is 11.1. The maximum Gasteiger partial charge on any atom is 0.237 e. The summed E-state index contributed by atoms with van der Waals surface area (Å²) in [5.74, 6) is -0.852. The van der Waals surface area contributed by atoms with Gasteiger partial charge in [0.2, 0.25) is 5.91 Å². The first-order valence-electron chi connectivity index (χ1n) is 6.00. The zero-order valence-electron chi connectivity index (χ0n) is 10.3. The molecule has 0 aliphatic carbocycles. The number of halogens is 1. The summed E-state index contributed by atoms with van der Waals surface area (Å²) in [6.45, 7) is 0.837. The number of thiocarbonyl (C=S) groups is 1. The quantitative estimate of drug-likeness (QED) is 0.830. The first-order valence-corrected chi connectivity index (χ1v) is 6.41. The smallest absolute Gasteiger partial charge is 0.237 e. The maximum atomic E-state index is 13.5. The molecule has 1 saturated heterocycles. The molecule has 1 aliphatic heterocycles. The molecule has 0 aromatic heterocycles. The van der Waals surface area contributed by atoms with Crippen molar-refractivity contribution in [3.8, 4) is 0 Å². The number of carbonyl (C=O) groups excluding carboxylic acids is 1. The summed E-state index contributed by atoms with van der Waals surface area (Å²) in [5, 5.41) is 2.57. The summed E-state index contributed by atoms with van der Waals surface area (Å²) in [4.78, 5) is 12.5. The van der Waals surface area contributed by atoms with Gasteiger partial charge in [-0.2, -0.15) is 0 Å². The third-order valence-electron chi connectivity index (χ3n) is 3.37. The molecule has 0 bridgehead atoms. The summed E-state index contributed by atoms with van der Waals surface area (Å²) in [6, 6.07) is 5.99. The Labute approximate surface area is 116 Å². The van der Waals surface area contributed by atoms with Crippen LogP contribution in [0.25, 0.3) is 0 Å². The van der Waals surface area contributed by atoms with E-state index >= 15 is 0 Å². The molecular weight excluding hydrogens is 267 g/mol. The van der Waals surface area contributed by atoms with Crippen LogP contribution in [-0.2, 0) is 9.53 Å². The molecule has 1 aromatic carbocycles. The lowest BCUT2D eigenvalue weighted by atomic mass is 9.79. The Hall–Kier alpha value is -1.53. The van der Waals surface area contributed by atoms with Gasteiger partial charge in [-0.15, -0.1) is 0 Å². The lowest BCUT2D eigenvalue weighted by Crippen LogP contribution is -2.49. The van der Waals surface area contributed by atoms with E-state index < -0.39 is 11.2 Å². The number of rotatable bonds is 3. The van der Waals surface area contributed by atoms with Gasteiger partial charge in [0.05, 0.1) is 10.7 Å². The predicted octanol–water partition coefficient (Wildman–Crippen LogP) is 1.85. The van der Waals surface area contributed by atoms with Crippen molar-refractivity contribution in [2.24, 2.45) is 11.1 Å². The van der Waals surface area contributed by atoms with Crippen LogP contribution < -0.4 is 11.1 Å². The van der Waals surface area contributed by atoms with Crippen LogP contribution in [0.5, 0.6) is 0 Å². The topological polar surface area (TPSA) is 64.4 Å². The molecule has 0 radical (unpaired) electrons. The lowest BCUT2D eigenvalue weighted by Gasteiger charge is -2.34. The van der Waals surface area contributed by atoms with E-state index in [0.29, 0.717) is 26.1 Å². The second-order valence-electron chi connectivity index (χ2n) is 4.49. The standard InChI is InChI=1S/C13H15FN2O2S/c14-9-3-1-2-4-10(9)16-12(17)13(11(15)19)5-7-18-8-6-13/h1-4H,5-8H2,(H2,15,19)(H,16,17). The van der Waals surface area contributed by atoms with Crippen LogP contribution in [0, 0.1) is 11.2 Å². The summed E-state index contributed by atoms with van der Waals surface area (Å²) < 4.78 is 18.8. The molecule has 3 N–H and O–H groups in total. The van der Waals surface area contributed by atoms with E-state index in [1.54, 1.807) is 12.1 Å². The Morgan fingerprint density at radius 3 is 2.58 bits per heavy atom. The van der Waals surface area contributed by atoms with Crippen molar-refractivity contribution in [1.82, 2.24) is 0 Å². The minimum atomic E-state index is -0.949. The van der Waals surface area contributed by atoms with Gasteiger partial charge in [0.1, 0.15) is 11.2 Å². The maximum absolute atomic E-state index is 13.5. The van der Waals surface area contributed by atoms with Crippen LogP contribution >= 0.6 is 12.2 Å². The van der Waals surface area contributed by atoms with Crippen LogP contribution in [0.2, 0.25) is 0 Å². The number of anilines is 1. The Kier molecular flexibility index (Phi) is 4.11. The Morgan fingerprint density at radius 2 is 2.00 bits per heavy atom.